The predicted octanol–water partition coefficient (Wildman–Crippen LogP) is 2.32. The molecule has 1 rings (SSSR count). The number of esters is 3. The van der Waals surface area contributed by atoms with Gasteiger partial charge >= 0.3 is 23.9 Å². The fraction of sp³-hybridized carbons (Fsp3) is 0.391. The van der Waals surface area contributed by atoms with Gasteiger partial charge in [-0.05, 0) is 37.1 Å². The van der Waals surface area contributed by atoms with Crippen molar-refractivity contribution in [2.75, 3.05) is 33.0 Å². The number of carboxylic acids is 1. The van der Waals surface area contributed by atoms with Crippen LogP contribution < -0.4 is 4.74 Å². The number of carboxylic acid groups (broad SMARTS) is 1. The van der Waals surface area contributed by atoms with Gasteiger partial charge in [-0.15, -0.1) is 0 Å². The van der Waals surface area contributed by atoms with Crippen LogP contribution in [0.5, 0.6) is 5.75 Å². The van der Waals surface area contributed by atoms with Crippen molar-refractivity contribution >= 4 is 23.9 Å². The Bertz CT molecular complexity index is 800. The molecular weight excluding hydrogens is 436 g/mol. The third-order valence-electron chi connectivity index (χ3n) is 3.95. The van der Waals surface area contributed by atoms with Gasteiger partial charge in [-0.25, -0.2) is 14.4 Å². The van der Waals surface area contributed by atoms with Gasteiger partial charge in [0.05, 0.1) is 25.2 Å². The van der Waals surface area contributed by atoms with Gasteiger partial charge < -0.3 is 28.8 Å². The number of hydrogen-bond acceptors (Lipinski definition) is 9. The second-order valence-electron chi connectivity index (χ2n) is 6.53. The molecule has 0 bridgehead atoms. The Morgan fingerprint density at radius 1 is 0.879 bits per heavy atom. The topological polar surface area (TPSA) is 135 Å². The number of rotatable bonds is 17. The molecule has 1 aromatic carbocycles. The lowest BCUT2D eigenvalue weighted by Gasteiger charge is -2.19. The summed E-state index contributed by atoms with van der Waals surface area (Å²) in [4.78, 5) is 45.0. The van der Waals surface area contributed by atoms with E-state index in [2.05, 4.69) is 13.2 Å². The number of aromatic carboxylic acids is 1. The molecule has 180 valence electrons. The first-order valence-corrected chi connectivity index (χ1v) is 10.2. The molecule has 10 heteroatoms. The molecule has 0 aliphatic carbocycles. The highest BCUT2D eigenvalue weighted by molar-refractivity contribution is 5.87. The Balaban J connectivity index is 2.49. The van der Waals surface area contributed by atoms with E-state index in [0.29, 0.717) is 25.2 Å². The lowest BCUT2D eigenvalue weighted by molar-refractivity contribution is -0.156. The van der Waals surface area contributed by atoms with Crippen LogP contribution in [0.2, 0.25) is 0 Å². The molecule has 1 aromatic rings. The number of ether oxygens (including phenoxy) is 5. The summed E-state index contributed by atoms with van der Waals surface area (Å²) in [5, 5.41) is 8.95. The van der Waals surface area contributed by atoms with Crippen molar-refractivity contribution in [1.29, 1.82) is 0 Å². The van der Waals surface area contributed by atoms with Gasteiger partial charge in [0.25, 0.3) is 0 Å². The summed E-state index contributed by atoms with van der Waals surface area (Å²) in [6.07, 6.45) is 2.36. The summed E-state index contributed by atoms with van der Waals surface area (Å²) in [6, 6.07) is 5.76. The summed E-state index contributed by atoms with van der Waals surface area (Å²) in [5.41, 5.74) is 0.113. The van der Waals surface area contributed by atoms with Crippen molar-refractivity contribution < 1.29 is 48.0 Å². The average Bonchev–Trinajstić information content (AvgIpc) is 2.81. The first-order valence-electron chi connectivity index (χ1n) is 10.2. The molecule has 1 atom stereocenters. The van der Waals surface area contributed by atoms with Crippen LogP contribution in [-0.2, 0) is 33.3 Å². The van der Waals surface area contributed by atoms with Crippen molar-refractivity contribution in [3.63, 3.8) is 0 Å². The van der Waals surface area contributed by atoms with E-state index in [0.717, 1.165) is 12.2 Å². The summed E-state index contributed by atoms with van der Waals surface area (Å²) < 4.78 is 26.1. The number of unbranched alkanes of at least 4 members (excludes halogenated alkanes) is 1. The molecule has 0 saturated heterocycles. The molecule has 1 unspecified atom stereocenters. The van der Waals surface area contributed by atoms with Crippen LogP contribution >= 0.6 is 0 Å². The first-order chi connectivity index (χ1) is 15.8. The Morgan fingerprint density at radius 3 is 2.09 bits per heavy atom. The monoisotopic (exact) mass is 464 g/mol. The normalized spacial score (nSPS) is 11.0. The molecule has 0 radical (unpaired) electrons. The Hall–Kier alpha value is -3.66. The fourth-order valence-corrected chi connectivity index (χ4v) is 2.29. The highest BCUT2D eigenvalue weighted by Gasteiger charge is 2.17. The van der Waals surface area contributed by atoms with Crippen LogP contribution in [0, 0.1) is 0 Å². The minimum Gasteiger partial charge on any atom is -0.490 e. The maximum absolute atomic E-state index is 12.0. The zero-order valence-corrected chi connectivity index (χ0v) is 18.2. The number of benzene rings is 1. The van der Waals surface area contributed by atoms with Gasteiger partial charge in [0.2, 0.25) is 0 Å². The number of carbonyl (C=O) groups excluding carboxylic acids is 3. The fourth-order valence-electron chi connectivity index (χ4n) is 2.29. The lowest BCUT2D eigenvalue weighted by Crippen LogP contribution is -2.30. The maximum atomic E-state index is 12.0. The Labute approximate surface area is 191 Å². The smallest absolute Gasteiger partial charge is 0.335 e. The minimum absolute atomic E-state index is 0.0395. The summed E-state index contributed by atoms with van der Waals surface area (Å²) in [6.45, 7) is 6.99. The molecular formula is C23H28O10. The quantitative estimate of drug-likeness (QED) is 0.158. The van der Waals surface area contributed by atoms with Crippen molar-refractivity contribution in [2.45, 2.75) is 25.4 Å². The van der Waals surface area contributed by atoms with Gasteiger partial charge in [-0.3, -0.25) is 4.79 Å². The molecule has 1 N–H and O–H groups in total. The van der Waals surface area contributed by atoms with E-state index in [1.54, 1.807) is 0 Å². The molecule has 0 spiro atoms. The maximum Gasteiger partial charge on any atom is 0.335 e. The zero-order chi connectivity index (χ0) is 24.5. The van der Waals surface area contributed by atoms with Gasteiger partial charge in [-0.1, -0.05) is 13.2 Å². The molecule has 0 amide bonds. The zero-order valence-electron chi connectivity index (χ0n) is 18.2. The summed E-state index contributed by atoms with van der Waals surface area (Å²) >= 11 is 0. The van der Waals surface area contributed by atoms with Crippen LogP contribution in [0.15, 0.2) is 49.6 Å². The molecule has 0 aliphatic rings. The van der Waals surface area contributed by atoms with E-state index in [-0.39, 0.29) is 38.4 Å². The van der Waals surface area contributed by atoms with Crippen LogP contribution in [0.3, 0.4) is 0 Å². The SMILES string of the molecule is C=CC(=O)OCCCCOCC(COc1ccc(C(=O)O)cc1)OC(=O)CCOC(=O)C=C. The third-order valence-corrected chi connectivity index (χ3v) is 3.95. The highest BCUT2D eigenvalue weighted by Crippen LogP contribution is 2.13. The highest BCUT2D eigenvalue weighted by atomic mass is 16.6. The van der Waals surface area contributed by atoms with E-state index in [1.165, 1.54) is 24.3 Å². The van der Waals surface area contributed by atoms with Gasteiger partial charge in [-0.2, -0.15) is 0 Å². The number of carbonyl (C=O) groups is 4. The predicted molar refractivity (Wildman–Crippen MR) is 116 cm³/mol. The molecule has 0 aliphatic heterocycles. The second kappa shape index (κ2) is 16.0. The Morgan fingerprint density at radius 2 is 1.48 bits per heavy atom. The van der Waals surface area contributed by atoms with E-state index in [9.17, 15) is 19.2 Å². The van der Waals surface area contributed by atoms with Crippen molar-refractivity contribution in [3.8, 4) is 5.75 Å². The standard InChI is InChI=1S/C23H28O10/c1-3-20(24)30-13-6-5-12-29-15-19(33-22(26)11-14-31-21(25)4-2)16-32-18-9-7-17(8-10-18)23(27)28/h3-4,7-10,19H,1-2,5-6,11-16H2,(H,27,28). The van der Waals surface area contributed by atoms with Crippen LogP contribution in [-0.4, -0.2) is 68.1 Å². The van der Waals surface area contributed by atoms with Crippen LogP contribution in [0.1, 0.15) is 29.6 Å². The van der Waals surface area contributed by atoms with E-state index in [4.69, 9.17) is 28.8 Å². The van der Waals surface area contributed by atoms with Gasteiger partial charge in [0, 0.05) is 18.8 Å². The van der Waals surface area contributed by atoms with Crippen molar-refractivity contribution in [1.82, 2.24) is 0 Å². The molecule has 0 heterocycles. The van der Waals surface area contributed by atoms with Crippen molar-refractivity contribution in [3.05, 3.63) is 55.1 Å². The summed E-state index contributed by atoms with van der Waals surface area (Å²) in [7, 11) is 0. The van der Waals surface area contributed by atoms with E-state index in [1.807, 2.05) is 0 Å². The van der Waals surface area contributed by atoms with Gasteiger partial charge in [0.15, 0.2) is 6.10 Å². The van der Waals surface area contributed by atoms with Crippen LogP contribution in [0.25, 0.3) is 0 Å². The van der Waals surface area contributed by atoms with Gasteiger partial charge in [0.1, 0.15) is 19.0 Å². The Kier molecular flexibility index (Phi) is 13.3. The first kappa shape index (κ1) is 27.4. The summed E-state index contributed by atoms with van der Waals surface area (Å²) in [5.74, 6) is -2.41. The van der Waals surface area contributed by atoms with E-state index >= 15 is 0 Å². The molecule has 10 nitrogen and oxygen atoms in total. The largest absolute Gasteiger partial charge is 0.490 e. The molecule has 0 fully saturated rings. The van der Waals surface area contributed by atoms with Crippen LogP contribution in [0.4, 0.5) is 0 Å². The minimum atomic E-state index is -1.06. The molecule has 0 saturated carbocycles. The number of hydrogen-bond donors (Lipinski definition) is 1. The van der Waals surface area contributed by atoms with E-state index < -0.39 is 30.0 Å². The second-order valence-corrected chi connectivity index (χ2v) is 6.53. The van der Waals surface area contributed by atoms with Crippen molar-refractivity contribution in [2.24, 2.45) is 0 Å². The average molecular weight is 464 g/mol. The third kappa shape index (κ3) is 12.7. The lowest BCUT2D eigenvalue weighted by atomic mass is 10.2. The molecule has 33 heavy (non-hydrogen) atoms. The molecule has 0 aromatic heterocycles.